The molecule has 2 aromatic heterocycles. The number of rotatable bonds is 2. The smallest absolute Gasteiger partial charge is 0.258 e. The zero-order valence-electron chi connectivity index (χ0n) is 11.3. The summed E-state index contributed by atoms with van der Waals surface area (Å²) in [6.45, 7) is 3.41. The lowest BCUT2D eigenvalue weighted by Crippen LogP contribution is -2.06. The monoisotopic (exact) mass is 322 g/mol. The fourth-order valence-electron chi connectivity index (χ4n) is 2.05. The summed E-state index contributed by atoms with van der Waals surface area (Å²) >= 11 is 5.94. The van der Waals surface area contributed by atoms with Crippen LogP contribution in [0, 0.1) is 13.8 Å². The van der Waals surface area contributed by atoms with Crippen molar-refractivity contribution in [3.05, 3.63) is 46.6 Å². The minimum absolute atomic E-state index is 0.127. The lowest BCUT2D eigenvalue weighted by Gasteiger charge is -2.01. The van der Waals surface area contributed by atoms with Gasteiger partial charge >= 0.3 is 0 Å². The van der Waals surface area contributed by atoms with Gasteiger partial charge in [-0.15, -0.1) is 5.10 Å². The minimum atomic E-state index is -3.84. The highest BCUT2D eigenvalue weighted by Gasteiger charge is 2.27. The van der Waals surface area contributed by atoms with Crippen molar-refractivity contribution in [3.63, 3.8) is 0 Å². The Morgan fingerprint density at radius 1 is 1.10 bits per heavy atom. The van der Waals surface area contributed by atoms with Crippen LogP contribution in [0.1, 0.15) is 11.3 Å². The van der Waals surface area contributed by atoms with Gasteiger partial charge in [0.25, 0.3) is 9.84 Å². The predicted molar refractivity (Wildman–Crippen MR) is 78.2 cm³/mol. The Bertz CT molecular complexity index is 931. The van der Waals surface area contributed by atoms with Gasteiger partial charge in [-0.2, -0.15) is 5.10 Å². The minimum Gasteiger partial charge on any atom is -0.444 e. The molecule has 0 atom stereocenters. The van der Waals surface area contributed by atoms with Crippen molar-refractivity contribution in [3.8, 4) is 0 Å². The van der Waals surface area contributed by atoms with Gasteiger partial charge < -0.3 is 4.42 Å². The number of nitrogens with zero attached hydrogens (tertiary/aromatic N) is 2. The summed E-state index contributed by atoms with van der Waals surface area (Å²) in [4.78, 5) is 0. The number of fused-ring (bicyclic) bond motifs is 1. The van der Waals surface area contributed by atoms with Crippen LogP contribution in [-0.2, 0) is 9.84 Å². The molecule has 1 aromatic carbocycles. The fourth-order valence-corrected chi connectivity index (χ4v) is 3.52. The molecule has 0 spiro atoms. The highest BCUT2D eigenvalue weighted by Crippen LogP contribution is 2.32. The van der Waals surface area contributed by atoms with Gasteiger partial charge in [0.15, 0.2) is 5.03 Å². The summed E-state index contributed by atoms with van der Waals surface area (Å²) in [5.74, 6) is 0. The highest BCUT2D eigenvalue weighted by atomic mass is 35.5. The molecule has 0 N–H and O–H groups in total. The maximum absolute atomic E-state index is 12.6. The molecule has 0 aliphatic carbocycles. The van der Waals surface area contributed by atoms with E-state index >= 15 is 0 Å². The molecule has 2 heterocycles. The molecular weight excluding hydrogens is 312 g/mol. The van der Waals surface area contributed by atoms with E-state index in [0.29, 0.717) is 27.2 Å². The van der Waals surface area contributed by atoms with E-state index in [1.165, 1.54) is 6.07 Å². The quantitative estimate of drug-likeness (QED) is 0.723. The van der Waals surface area contributed by atoms with Crippen molar-refractivity contribution in [2.24, 2.45) is 0 Å². The number of aryl methyl sites for hydroxylation is 2. The molecule has 0 aliphatic heterocycles. The second-order valence-corrected chi connectivity index (χ2v) is 6.90. The normalized spacial score (nSPS) is 12.0. The summed E-state index contributed by atoms with van der Waals surface area (Å²) in [6.07, 6.45) is 0. The third-order valence-corrected chi connectivity index (χ3v) is 5.03. The first kappa shape index (κ1) is 14.0. The van der Waals surface area contributed by atoms with Crippen LogP contribution in [0.25, 0.3) is 11.0 Å². The highest BCUT2D eigenvalue weighted by molar-refractivity contribution is 7.91. The van der Waals surface area contributed by atoms with Crippen molar-refractivity contribution >= 4 is 32.4 Å². The van der Waals surface area contributed by atoms with E-state index in [4.69, 9.17) is 16.0 Å². The second-order valence-electron chi connectivity index (χ2n) is 4.67. The summed E-state index contributed by atoms with van der Waals surface area (Å²) in [5, 5.41) is 8.43. The van der Waals surface area contributed by atoms with Crippen molar-refractivity contribution in [2.75, 3.05) is 0 Å². The molecule has 108 valence electrons. The van der Waals surface area contributed by atoms with E-state index in [0.717, 1.165) is 0 Å². The molecule has 0 amide bonds. The zero-order valence-corrected chi connectivity index (χ0v) is 12.9. The Morgan fingerprint density at radius 3 is 2.52 bits per heavy atom. The molecule has 0 saturated carbocycles. The van der Waals surface area contributed by atoms with Crippen molar-refractivity contribution in [2.45, 2.75) is 24.0 Å². The molecular formula is C14H11ClN2O3S. The third-order valence-electron chi connectivity index (χ3n) is 3.15. The average molecular weight is 323 g/mol. The van der Waals surface area contributed by atoms with Gasteiger partial charge in [0, 0.05) is 16.0 Å². The fraction of sp³-hybridized carbons (Fsp3) is 0.143. The van der Waals surface area contributed by atoms with Crippen LogP contribution >= 0.6 is 11.6 Å². The van der Waals surface area contributed by atoms with E-state index in [-0.39, 0.29) is 10.1 Å². The third kappa shape index (κ3) is 2.30. The van der Waals surface area contributed by atoms with Gasteiger partial charge in [-0.05, 0) is 44.2 Å². The molecule has 5 nitrogen and oxygen atoms in total. The van der Waals surface area contributed by atoms with Gasteiger partial charge in [-0.25, -0.2) is 8.42 Å². The van der Waals surface area contributed by atoms with E-state index in [2.05, 4.69) is 10.2 Å². The average Bonchev–Trinajstić information content (AvgIpc) is 2.77. The van der Waals surface area contributed by atoms with Gasteiger partial charge in [0.2, 0.25) is 5.09 Å². The Labute approximate surface area is 126 Å². The van der Waals surface area contributed by atoms with Crippen LogP contribution in [0.3, 0.4) is 0 Å². The van der Waals surface area contributed by atoms with E-state index in [9.17, 15) is 8.42 Å². The first-order valence-corrected chi connectivity index (χ1v) is 8.00. The summed E-state index contributed by atoms with van der Waals surface area (Å²) in [5.41, 5.74) is 1.62. The Morgan fingerprint density at radius 2 is 1.86 bits per heavy atom. The van der Waals surface area contributed by atoms with E-state index < -0.39 is 9.84 Å². The summed E-state index contributed by atoms with van der Waals surface area (Å²) in [7, 11) is -3.84. The van der Waals surface area contributed by atoms with Crippen LogP contribution in [-0.4, -0.2) is 18.6 Å². The van der Waals surface area contributed by atoms with E-state index in [1.807, 2.05) is 0 Å². The molecule has 21 heavy (non-hydrogen) atoms. The van der Waals surface area contributed by atoms with Crippen molar-refractivity contribution in [1.29, 1.82) is 0 Å². The maximum Gasteiger partial charge on any atom is 0.258 e. The van der Waals surface area contributed by atoms with Gasteiger partial charge in [-0.3, -0.25) is 0 Å². The van der Waals surface area contributed by atoms with Gasteiger partial charge in [-0.1, -0.05) is 11.6 Å². The number of hydrogen-bond acceptors (Lipinski definition) is 5. The second kappa shape index (κ2) is 4.82. The molecule has 0 radical (unpaired) electrons. The van der Waals surface area contributed by atoms with E-state index in [1.54, 1.807) is 38.1 Å². The summed E-state index contributed by atoms with van der Waals surface area (Å²) < 4.78 is 30.7. The number of hydrogen-bond donors (Lipinski definition) is 0. The maximum atomic E-state index is 12.6. The Kier molecular flexibility index (Phi) is 3.22. The number of furan rings is 1. The Hall–Kier alpha value is -1.92. The number of halogens is 1. The topological polar surface area (TPSA) is 73.1 Å². The molecule has 0 saturated heterocycles. The van der Waals surface area contributed by atoms with Crippen LogP contribution in [0.15, 0.2) is 44.9 Å². The van der Waals surface area contributed by atoms with Crippen molar-refractivity contribution in [1.82, 2.24) is 10.2 Å². The van der Waals surface area contributed by atoms with Gasteiger partial charge in [0.05, 0.1) is 5.69 Å². The molecule has 0 fully saturated rings. The zero-order chi connectivity index (χ0) is 15.2. The molecule has 0 aliphatic rings. The van der Waals surface area contributed by atoms with Gasteiger partial charge in [0.1, 0.15) is 5.58 Å². The Balaban J connectivity index is 2.24. The SMILES string of the molecule is Cc1ccc(S(=O)(=O)c2oc3ccc(Cl)cc3c2C)nn1. The molecule has 0 bridgehead atoms. The first-order valence-electron chi connectivity index (χ1n) is 6.13. The number of benzene rings is 1. The van der Waals surface area contributed by atoms with Crippen LogP contribution in [0.2, 0.25) is 5.02 Å². The molecule has 3 aromatic rings. The van der Waals surface area contributed by atoms with Crippen molar-refractivity contribution < 1.29 is 12.8 Å². The number of sulfone groups is 1. The van der Waals surface area contributed by atoms with Crippen LogP contribution < -0.4 is 0 Å². The lowest BCUT2D eigenvalue weighted by atomic mass is 10.2. The molecule has 7 heteroatoms. The van der Waals surface area contributed by atoms with Crippen LogP contribution in [0.5, 0.6) is 0 Å². The number of aromatic nitrogens is 2. The molecule has 0 unspecified atom stereocenters. The lowest BCUT2D eigenvalue weighted by molar-refractivity contribution is 0.475. The summed E-state index contributed by atoms with van der Waals surface area (Å²) in [6, 6.07) is 7.97. The first-order chi connectivity index (χ1) is 9.89. The molecule has 3 rings (SSSR count). The largest absolute Gasteiger partial charge is 0.444 e. The standard InChI is InChI=1S/C14H11ClN2O3S/c1-8-3-6-13(17-16-8)21(18,19)14-9(2)11-7-10(15)4-5-12(11)20-14/h3-7H,1-2H3. The predicted octanol–water partition coefficient (Wildman–Crippen LogP) is 3.33. The van der Waals surface area contributed by atoms with Crippen LogP contribution in [0.4, 0.5) is 0 Å².